The summed E-state index contributed by atoms with van der Waals surface area (Å²) in [4.78, 5) is 56.5. The highest BCUT2D eigenvalue weighted by Gasteiger charge is 2.18. The Kier molecular flexibility index (Phi) is 10.2. The van der Waals surface area contributed by atoms with Crippen molar-refractivity contribution in [3.8, 4) is 0 Å². The van der Waals surface area contributed by atoms with Gasteiger partial charge in [0.2, 0.25) is 29.5 Å². The zero-order valence-electron chi connectivity index (χ0n) is 14.5. The standard InChI is InChI=1S/C14H25N5O5S/c1-7(14(24)19-9(3)13(16)23)5-25-6-11(21)17-4-10(20)18-8(2)12(15)22/h7-9H,4-6H2,1-3H3,(H2,15,22)(H2,16,23)(H,17,21)(H,18,20)(H,19,24)/t7-,8-,9-/m0/s1. The van der Waals surface area contributed by atoms with Gasteiger partial charge in [-0.1, -0.05) is 6.92 Å². The molecule has 11 heteroatoms. The molecule has 0 radical (unpaired) electrons. The molecule has 142 valence electrons. The predicted molar refractivity (Wildman–Crippen MR) is 93.1 cm³/mol. The summed E-state index contributed by atoms with van der Waals surface area (Å²) >= 11 is 1.21. The number of primary amides is 2. The quantitative estimate of drug-likeness (QED) is 0.266. The molecule has 0 saturated carbocycles. The summed E-state index contributed by atoms with van der Waals surface area (Å²) < 4.78 is 0. The molecule has 0 aliphatic carbocycles. The van der Waals surface area contributed by atoms with E-state index in [-0.39, 0.29) is 24.1 Å². The predicted octanol–water partition coefficient (Wildman–Crippen LogP) is -2.55. The van der Waals surface area contributed by atoms with E-state index in [9.17, 15) is 24.0 Å². The van der Waals surface area contributed by atoms with Crippen molar-refractivity contribution in [2.45, 2.75) is 32.9 Å². The highest BCUT2D eigenvalue weighted by molar-refractivity contribution is 7.99. The molecule has 3 atom stereocenters. The fourth-order valence-corrected chi connectivity index (χ4v) is 2.33. The molecule has 0 aliphatic rings. The van der Waals surface area contributed by atoms with Gasteiger partial charge in [0.1, 0.15) is 12.1 Å². The van der Waals surface area contributed by atoms with Crippen LogP contribution in [0.1, 0.15) is 20.8 Å². The van der Waals surface area contributed by atoms with Gasteiger partial charge in [-0.15, -0.1) is 0 Å². The molecule has 0 saturated heterocycles. The van der Waals surface area contributed by atoms with E-state index in [1.165, 1.54) is 25.6 Å². The fourth-order valence-electron chi connectivity index (χ4n) is 1.42. The molecule has 25 heavy (non-hydrogen) atoms. The normalized spacial score (nSPS) is 13.9. The number of hydrogen-bond acceptors (Lipinski definition) is 6. The summed E-state index contributed by atoms with van der Waals surface area (Å²) in [5.41, 5.74) is 10.1. The molecule has 0 aromatic rings. The Hall–Kier alpha value is -2.30. The summed E-state index contributed by atoms with van der Waals surface area (Å²) in [6.07, 6.45) is 0. The van der Waals surface area contributed by atoms with E-state index in [0.717, 1.165) is 0 Å². The molecule has 0 spiro atoms. The maximum absolute atomic E-state index is 11.8. The number of amides is 5. The van der Waals surface area contributed by atoms with Crippen molar-refractivity contribution in [3.05, 3.63) is 0 Å². The van der Waals surface area contributed by atoms with Crippen LogP contribution < -0.4 is 27.4 Å². The lowest BCUT2D eigenvalue weighted by Gasteiger charge is -2.15. The van der Waals surface area contributed by atoms with Crippen LogP contribution >= 0.6 is 11.8 Å². The molecule has 0 bridgehead atoms. The summed E-state index contributed by atoms with van der Waals surface area (Å²) in [5, 5.41) is 7.18. The molecule has 5 amide bonds. The molecule has 10 nitrogen and oxygen atoms in total. The van der Waals surface area contributed by atoms with Crippen molar-refractivity contribution >= 4 is 41.3 Å². The number of thioether (sulfide) groups is 1. The molecular formula is C14H25N5O5S. The Bertz CT molecular complexity index is 528. The lowest BCUT2D eigenvalue weighted by Crippen LogP contribution is -2.46. The molecule has 0 aromatic heterocycles. The minimum absolute atomic E-state index is 0.0572. The van der Waals surface area contributed by atoms with E-state index in [0.29, 0.717) is 5.75 Å². The third-order valence-corrected chi connectivity index (χ3v) is 4.29. The zero-order valence-corrected chi connectivity index (χ0v) is 15.3. The van der Waals surface area contributed by atoms with Gasteiger partial charge in [0.05, 0.1) is 12.3 Å². The molecule has 0 rings (SSSR count). The van der Waals surface area contributed by atoms with Gasteiger partial charge in [0, 0.05) is 11.7 Å². The summed E-state index contributed by atoms with van der Waals surface area (Å²) in [7, 11) is 0. The first-order valence-corrected chi connectivity index (χ1v) is 8.72. The number of hydrogen-bond donors (Lipinski definition) is 5. The largest absolute Gasteiger partial charge is 0.368 e. The van der Waals surface area contributed by atoms with Crippen LogP contribution in [0.4, 0.5) is 0 Å². The fraction of sp³-hybridized carbons (Fsp3) is 0.643. The highest BCUT2D eigenvalue weighted by atomic mass is 32.2. The van der Waals surface area contributed by atoms with Crippen LogP contribution in [0.15, 0.2) is 0 Å². The minimum atomic E-state index is -0.819. The zero-order chi connectivity index (χ0) is 19.6. The Balaban J connectivity index is 3.99. The van der Waals surface area contributed by atoms with Gasteiger partial charge < -0.3 is 27.4 Å². The van der Waals surface area contributed by atoms with E-state index in [2.05, 4.69) is 16.0 Å². The van der Waals surface area contributed by atoms with E-state index in [4.69, 9.17) is 11.5 Å². The third-order valence-electron chi connectivity index (χ3n) is 3.08. The summed E-state index contributed by atoms with van der Waals surface area (Å²) in [5.74, 6) is -2.55. The lowest BCUT2D eigenvalue weighted by atomic mass is 10.2. The number of carbonyl (C=O) groups is 5. The van der Waals surface area contributed by atoms with E-state index in [1.54, 1.807) is 6.92 Å². The Labute approximate surface area is 150 Å². The van der Waals surface area contributed by atoms with Crippen LogP contribution in [0.25, 0.3) is 0 Å². The lowest BCUT2D eigenvalue weighted by molar-refractivity contribution is -0.128. The average molecular weight is 375 g/mol. The molecule has 7 N–H and O–H groups in total. The SMILES string of the molecule is C[C@H](NC(=O)CNC(=O)CSC[C@H](C)C(=O)N[C@@H](C)C(N)=O)C(N)=O. The van der Waals surface area contributed by atoms with Crippen LogP contribution in [-0.4, -0.2) is 59.7 Å². The minimum Gasteiger partial charge on any atom is -0.368 e. The Morgan fingerprint density at radius 2 is 1.40 bits per heavy atom. The first-order valence-electron chi connectivity index (χ1n) is 7.57. The maximum atomic E-state index is 11.8. The van der Waals surface area contributed by atoms with Crippen molar-refractivity contribution < 1.29 is 24.0 Å². The van der Waals surface area contributed by atoms with Crippen molar-refractivity contribution in [1.82, 2.24) is 16.0 Å². The van der Waals surface area contributed by atoms with Gasteiger partial charge in [-0.3, -0.25) is 24.0 Å². The van der Waals surface area contributed by atoms with Crippen molar-refractivity contribution in [1.29, 1.82) is 0 Å². The van der Waals surface area contributed by atoms with Gasteiger partial charge in [-0.25, -0.2) is 0 Å². The van der Waals surface area contributed by atoms with E-state index >= 15 is 0 Å². The second-order valence-electron chi connectivity index (χ2n) is 5.52. The molecular weight excluding hydrogens is 350 g/mol. The number of rotatable bonds is 11. The topological polar surface area (TPSA) is 173 Å². The van der Waals surface area contributed by atoms with Crippen LogP contribution in [-0.2, 0) is 24.0 Å². The van der Waals surface area contributed by atoms with Crippen molar-refractivity contribution in [3.63, 3.8) is 0 Å². The summed E-state index contributed by atoms with van der Waals surface area (Å²) in [6.45, 7) is 4.30. The maximum Gasteiger partial charge on any atom is 0.240 e. The molecule has 0 unspecified atom stereocenters. The highest BCUT2D eigenvalue weighted by Crippen LogP contribution is 2.08. The Morgan fingerprint density at radius 1 is 0.880 bits per heavy atom. The van der Waals surface area contributed by atoms with E-state index in [1.807, 2.05) is 0 Å². The summed E-state index contributed by atoms with van der Waals surface area (Å²) in [6, 6.07) is -1.58. The average Bonchev–Trinajstić information content (AvgIpc) is 2.52. The van der Waals surface area contributed by atoms with Crippen LogP contribution in [0.3, 0.4) is 0 Å². The van der Waals surface area contributed by atoms with E-state index < -0.39 is 35.7 Å². The third kappa shape index (κ3) is 10.2. The van der Waals surface area contributed by atoms with Crippen LogP contribution in [0, 0.1) is 5.92 Å². The Morgan fingerprint density at radius 3 is 1.92 bits per heavy atom. The van der Waals surface area contributed by atoms with Gasteiger partial charge in [0.15, 0.2) is 0 Å². The van der Waals surface area contributed by atoms with Crippen molar-refractivity contribution in [2.24, 2.45) is 17.4 Å². The molecule has 0 aliphatic heterocycles. The number of nitrogens with one attached hydrogen (secondary N) is 3. The van der Waals surface area contributed by atoms with Gasteiger partial charge in [-0.05, 0) is 13.8 Å². The van der Waals surface area contributed by atoms with Crippen molar-refractivity contribution in [2.75, 3.05) is 18.1 Å². The van der Waals surface area contributed by atoms with Gasteiger partial charge in [-0.2, -0.15) is 11.8 Å². The first kappa shape index (κ1) is 22.7. The number of nitrogens with two attached hydrogens (primary N) is 2. The van der Waals surface area contributed by atoms with Crippen LogP contribution in [0.2, 0.25) is 0 Å². The second-order valence-corrected chi connectivity index (χ2v) is 6.55. The van der Waals surface area contributed by atoms with Gasteiger partial charge >= 0.3 is 0 Å². The monoisotopic (exact) mass is 375 g/mol. The molecule has 0 fully saturated rings. The van der Waals surface area contributed by atoms with Crippen LogP contribution in [0.5, 0.6) is 0 Å². The first-order chi connectivity index (χ1) is 11.5. The smallest absolute Gasteiger partial charge is 0.240 e. The second kappa shape index (κ2) is 11.3. The molecule has 0 heterocycles. The molecule has 0 aromatic carbocycles. The van der Waals surface area contributed by atoms with Gasteiger partial charge in [0.25, 0.3) is 0 Å². The number of carbonyl (C=O) groups excluding carboxylic acids is 5.